The van der Waals surface area contributed by atoms with Gasteiger partial charge in [-0.15, -0.1) is 0 Å². The van der Waals surface area contributed by atoms with Crippen LogP contribution in [0.3, 0.4) is 0 Å². The maximum absolute atomic E-state index is 12.8. The van der Waals surface area contributed by atoms with Gasteiger partial charge in [-0.2, -0.15) is 0 Å². The van der Waals surface area contributed by atoms with Gasteiger partial charge in [0, 0.05) is 15.9 Å². The van der Waals surface area contributed by atoms with E-state index in [2.05, 4.69) is 32.9 Å². The van der Waals surface area contributed by atoms with Crippen molar-refractivity contribution >= 4 is 58.0 Å². The number of halogens is 1. The van der Waals surface area contributed by atoms with Crippen LogP contribution in [0.5, 0.6) is 11.5 Å². The molecular formula is C19H16IN3O5. The third kappa shape index (κ3) is 3.98. The van der Waals surface area contributed by atoms with Crippen LogP contribution in [-0.4, -0.2) is 38.3 Å². The molecule has 8 nitrogen and oxygen atoms in total. The van der Waals surface area contributed by atoms with Gasteiger partial charge in [-0.25, -0.2) is 9.69 Å². The predicted molar refractivity (Wildman–Crippen MR) is 111 cm³/mol. The second-order valence-corrected chi connectivity index (χ2v) is 6.98. The summed E-state index contributed by atoms with van der Waals surface area (Å²) in [6.45, 7) is 0. The van der Waals surface area contributed by atoms with E-state index in [1.54, 1.807) is 42.5 Å². The molecule has 1 heterocycles. The molecule has 9 heteroatoms. The highest BCUT2D eigenvalue weighted by Gasteiger charge is 2.40. The molecule has 144 valence electrons. The van der Waals surface area contributed by atoms with Crippen molar-refractivity contribution in [1.29, 1.82) is 0 Å². The number of barbiturate groups is 1. The van der Waals surface area contributed by atoms with Gasteiger partial charge in [0.05, 0.1) is 19.9 Å². The molecule has 1 N–H and O–H groups in total. The first kappa shape index (κ1) is 19.8. The second-order valence-electron chi connectivity index (χ2n) is 5.74. The maximum atomic E-state index is 12.8. The van der Waals surface area contributed by atoms with Crippen LogP contribution < -0.4 is 19.7 Å². The standard InChI is InChI=1S/C19H16IN3O5/c1-27-13-7-8-16(28-2)15(9-13)21-10-14-17(24)22-19(26)23(18(14)25)12-5-3-11(20)4-6-12/h3-10,14H,1-2H3,(H,22,24,26)/t14-/m1/s1. The summed E-state index contributed by atoms with van der Waals surface area (Å²) in [4.78, 5) is 42.4. The number of carbonyl (C=O) groups excluding carboxylic acids is 3. The van der Waals surface area contributed by atoms with Crippen molar-refractivity contribution in [2.75, 3.05) is 19.1 Å². The molecule has 0 unspecified atom stereocenters. The minimum absolute atomic E-state index is 0.368. The molecule has 0 spiro atoms. The van der Waals surface area contributed by atoms with Crippen molar-refractivity contribution in [3.8, 4) is 11.5 Å². The number of amides is 4. The van der Waals surface area contributed by atoms with E-state index < -0.39 is 23.8 Å². The number of nitrogens with one attached hydrogen (secondary N) is 1. The number of methoxy groups -OCH3 is 2. The number of hydrogen-bond donors (Lipinski definition) is 1. The summed E-state index contributed by atoms with van der Waals surface area (Å²) < 4.78 is 11.3. The summed E-state index contributed by atoms with van der Waals surface area (Å²) in [6.07, 6.45) is 1.20. The molecule has 0 saturated carbocycles. The first-order valence-corrected chi connectivity index (χ1v) is 9.23. The third-order valence-electron chi connectivity index (χ3n) is 4.04. The highest BCUT2D eigenvalue weighted by atomic mass is 127. The number of benzene rings is 2. The molecule has 1 saturated heterocycles. The van der Waals surface area contributed by atoms with Crippen LogP contribution in [0, 0.1) is 9.49 Å². The van der Waals surface area contributed by atoms with Gasteiger partial charge in [0.1, 0.15) is 17.2 Å². The van der Waals surface area contributed by atoms with Crippen LogP contribution in [-0.2, 0) is 9.59 Å². The molecule has 28 heavy (non-hydrogen) atoms. The van der Waals surface area contributed by atoms with Crippen LogP contribution in [0.2, 0.25) is 0 Å². The Balaban J connectivity index is 1.92. The lowest BCUT2D eigenvalue weighted by Crippen LogP contribution is -2.58. The van der Waals surface area contributed by atoms with E-state index in [1.807, 2.05) is 0 Å². The molecule has 1 aliphatic rings. The Morgan fingerprint density at radius 3 is 2.43 bits per heavy atom. The SMILES string of the molecule is COc1ccc(OC)c(N=C[C@@H]2C(=O)NC(=O)N(c3ccc(I)cc3)C2=O)c1. The van der Waals surface area contributed by atoms with E-state index in [1.165, 1.54) is 20.4 Å². The number of aliphatic imine (C=N–C) groups is 1. The minimum atomic E-state index is -1.26. The molecule has 2 aromatic rings. The summed E-state index contributed by atoms with van der Waals surface area (Å²) in [6, 6.07) is 11.0. The van der Waals surface area contributed by atoms with Crippen LogP contribution in [0.15, 0.2) is 47.5 Å². The molecule has 3 rings (SSSR count). The van der Waals surface area contributed by atoms with Crippen molar-refractivity contribution in [3.63, 3.8) is 0 Å². The number of nitrogens with zero attached hydrogens (tertiary/aromatic N) is 2. The summed E-state index contributed by atoms with van der Waals surface area (Å²) >= 11 is 2.12. The first-order chi connectivity index (χ1) is 13.4. The molecule has 0 aliphatic carbocycles. The Hall–Kier alpha value is -2.95. The Morgan fingerprint density at radius 1 is 1.07 bits per heavy atom. The zero-order valence-electron chi connectivity index (χ0n) is 15.0. The number of urea groups is 1. The highest BCUT2D eigenvalue weighted by molar-refractivity contribution is 14.1. The highest BCUT2D eigenvalue weighted by Crippen LogP contribution is 2.31. The molecular weight excluding hydrogens is 477 g/mol. The number of ether oxygens (including phenoxy) is 2. The van der Waals surface area contributed by atoms with Crippen molar-refractivity contribution in [2.24, 2.45) is 10.9 Å². The lowest BCUT2D eigenvalue weighted by atomic mass is 10.1. The molecule has 0 bridgehead atoms. The lowest BCUT2D eigenvalue weighted by molar-refractivity contribution is -0.131. The van der Waals surface area contributed by atoms with Gasteiger partial charge >= 0.3 is 6.03 Å². The number of carbonyl (C=O) groups is 3. The molecule has 2 aromatic carbocycles. The van der Waals surface area contributed by atoms with E-state index in [0.717, 1.165) is 8.47 Å². The monoisotopic (exact) mass is 493 g/mol. The Morgan fingerprint density at radius 2 is 1.79 bits per heavy atom. The largest absolute Gasteiger partial charge is 0.497 e. The number of anilines is 1. The summed E-state index contributed by atoms with van der Waals surface area (Å²) in [7, 11) is 2.99. The number of imide groups is 2. The number of rotatable bonds is 5. The fourth-order valence-corrected chi connectivity index (χ4v) is 2.97. The van der Waals surface area contributed by atoms with Crippen molar-refractivity contribution in [1.82, 2.24) is 5.32 Å². The lowest BCUT2D eigenvalue weighted by Gasteiger charge is -2.28. The quantitative estimate of drug-likeness (QED) is 0.393. The van der Waals surface area contributed by atoms with Gasteiger partial charge in [-0.1, -0.05) is 0 Å². The molecule has 0 aromatic heterocycles. The van der Waals surface area contributed by atoms with Crippen LogP contribution >= 0.6 is 22.6 Å². The minimum Gasteiger partial charge on any atom is -0.497 e. The molecule has 0 radical (unpaired) electrons. The summed E-state index contributed by atoms with van der Waals surface area (Å²) in [5.41, 5.74) is 0.757. The Kier molecular flexibility index (Phi) is 5.93. The average Bonchev–Trinajstić information content (AvgIpc) is 2.68. The van der Waals surface area contributed by atoms with Crippen LogP contribution in [0.1, 0.15) is 0 Å². The summed E-state index contributed by atoms with van der Waals surface area (Å²) in [5.74, 6) is -1.68. The Labute approximate surface area is 174 Å². The normalized spacial score (nSPS) is 17.0. The average molecular weight is 493 g/mol. The van der Waals surface area contributed by atoms with Crippen molar-refractivity contribution < 1.29 is 23.9 Å². The Bertz CT molecular complexity index is 959. The van der Waals surface area contributed by atoms with Crippen LogP contribution in [0.4, 0.5) is 16.2 Å². The van der Waals surface area contributed by atoms with Gasteiger partial charge in [-0.05, 0) is 59.0 Å². The van der Waals surface area contributed by atoms with Gasteiger partial charge in [0.15, 0.2) is 5.92 Å². The van der Waals surface area contributed by atoms with Gasteiger partial charge in [0.25, 0.3) is 5.91 Å². The molecule has 4 amide bonds. The summed E-state index contributed by atoms with van der Waals surface area (Å²) in [5, 5.41) is 2.19. The zero-order chi connectivity index (χ0) is 20.3. The van der Waals surface area contributed by atoms with Crippen molar-refractivity contribution in [3.05, 3.63) is 46.0 Å². The van der Waals surface area contributed by atoms with E-state index in [9.17, 15) is 14.4 Å². The van der Waals surface area contributed by atoms with Gasteiger partial charge in [-0.3, -0.25) is 19.9 Å². The van der Waals surface area contributed by atoms with Gasteiger partial charge in [0.2, 0.25) is 5.91 Å². The van der Waals surface area contributed by atoms with Crippen LogP contribution in [0.25, 0.3) is 0 Å². The molecule has 1 atom stereocenters. The molecule has 1 fully saturated rings. The molecule has 1 aliphatic heterocycles. The van der Waals surface area contributed by atoms with Gasteiger partial charge < -0.3 is 9.47 Å². The van der Waals surface area contributed by atoms with E-state index in [4.69, 9.17) is 9.47 Å². The predicted octanol–water partition coefficient (Wildman–Crippen LogP) is 2.91. The topological polar surface area (TPSA) is 97.3 Å². The number of hydrogen-bond acceptors (Lipinski definition) is 6. The maximum Gasteiger partial charge on any atom is 0.335 e. The smallest absolute Gasteiger partial charge is 0.335 e. The van der Waals surface area contributed by atoms with E-state index in [-0.39, 0.29) is 0 Å². The fraction of sp³-hybridized carbons (Fsp3) is 0.158. The first-order valence-electron chi connectivity index (χ1n) is 8.15. The van der Waals surface area contributed by atoms with E-state index >= 15 is 0 Å². The third-order valence-corrected chi connectivity index (χ3v) is 4.75. The van der Waals surface area contributed by atoms with E-state index in [0.29, 0.717) is 22.9 Å². The zero-order valence-corrected chi connectivity index (χ0v) is 17.2. The second kappa shape index (κ2) is 8.38. The van der Waals surface area contributed by atoms with Crippen molar-refractivity contribution in [2.45, 2.75) is 0 Å². The fourth-order valence-electron chi connectivity index (χ4n) is 2.61.